The lowest BCUT2D eigenvalue weighted by Gasteiger charge is -2.17. The van der Waals surface area contributed by atoms with E-state index in [1.807, 2.05) is 0 Å². The van der Waals surface area contributed by atoms with Crippen molar-refractivity contribution in [1.29, 1.82) is 0 Å². The molecule has 11 aromatic rings. The Hall–Kier alpha value is -7.49. The van der Waals surface area contributed by atoms with Crippen LogP contribution in [0.1, 0.15) is 18.4 Å². The Morgan fingerprint density at radius 3 is 1.48 bits per heavy atom. The van der Waals surface area contributed by atoms with Crippen LogP contribution >= 0.6 is 0 Å². The van der Waals surface area contributed by atoms with Crippen molar-refractivity contribution in [2.24, 2.45) is 0 Å². The number of hydrogen-bond acceptors (Lipinski definition) is 3. The molecule has 1 aliphatic carbocycles. The van der Waals surface area contributed by atoms with Gasteiger partial charge < -0.3 is 0 Å². The van der Waals surface area contributed by atoms with E-state index in [-0.39, 0.29) is 0 Å². The van der Waals surface area contributed by atoms with E-state index in [0.717, 1.165) is 46.0 Å². The van der Waals surface area contributed by atoms with Crippen LogP contribution in [0.2, 0.25) is 0 Å². The maximum Gasteiger partial charge on any atom is 0.164 e. The number of rotatable bonds is 5. The van der Waals surface area contributed by atoms with Gasteiger partial charge in [-0.1, -0.05) is 170 Å². The predicted octanol–water partition coefficient (Wildman–Crippen LogP) is 14.6. The lowest BCUT2D eigenvalue weighted by molar-refractivity contribution is 1.05. The summed E-state index contributed by atoms with van der Waals surface area (Å²) < 4.78 is 0. The summed E-state index contributed by atoms with van der Waals surface area (Å²) in [5, 5.41) is 14.9. The summed E-state index contributed by atoms with van der Waals surface area (Å²) in [4.78, 5) is 15.8. The minimum absolute atomic E-state index is 0.645. The summed E-state index contributed by atoms with van der Waals surface area (Å²) in [6.45, 7) is 0. The number of nitrogens with zero attached hydrogens (tertiary/aromatic N) is 3. The summed E-state index contributed by atoms with van der Waals surface area (Å²) in [7, 11) is 0. The van der Waals surface area contributed by atoms with Gasteiger partial charge in [0.05, 0.1) is 0 Å². The third-order valence-electron chi connectivity index (χ3n) is 12.1. The second kappa shape index (κ2) is 13.0. The van der Waals surface area contributed by atoms with E-state index in [2.05, 4.69) is 188 Å². The van der Waals surface area contributed by atoms with Crippen LogP contribution in [-0.4, -0.2) is 15.0 Å². The normalized spacial score (nSPS) is 13.1. The van der Waals surface area contributed by atoms with E-state index in [9.17, 15) is 0 Å². The van der Waals surface area contributed by atoms with Crippen LogP contribution < -0.4 is 0 Å². The molecule has 3 nitrogen and oxygen atoms in total. The molecule has 1 aromatic heterocycles. The van der Waals surface area contributed by atoms with E-state index >= 15 is 0 Å². The third-order valence-corrected chi connectivity index (χ3v) is 12.1. The third kappa shape index (κ3) is 5.24. The fourth-order valence-corrected chi connectivity index (χ4v) is 9.32. The number of hydrogen-bond donors (Lipinski definition) is 0. The molecule has 58 heavy (non-hydrogen) atoms. The molecule has 0 saturated heterocycles. The van der Waals surface area contributed by atoms with Crippen LogP contribution in [0.4, 0.5) is 0 Å². The van der Waals surface area contributed by atoms with Gasteiger partial charge in [-0.3, -0.25) is 0 Å². The first-order chi connectivity index (χ1) is 28.7. The minimum atomic E-state index is 0.645. The number of benzene rings is 9. The fraction of sp³-hybridized carbons (Fsp3) is 0.0364. The Kier molecular flexibility index (Phi) is 7.36. The average molecular weight is 738 g/mol. The molecule has 0 saturated carbocycles. The van der Waals surface area contributed by atoms with Crippen molar-refractivity contribution in [2.45, 2.75) is 12.8 Å². The van der Waals surface area contributed by atoms with Gasteiger partial charge >= 0.3 is 0 Å². The molecule has 0 atom stereocenters. The van der Waals surface area contributed by atoms with Gasteiger partial charge in [0.15, 0.2) is 17.5 Å². The lowest BCUT2D eigenvalue weighted by atomic mass is 9.87. The summed E-state index contributed by atoms with van der Waals surface area (Å²) >= 11 is 0. The molecule has 0 N–H and O–H groups in total. The van der Waals surface area contributed by atoms with E-state index in [1.54, 1.807) is 0 Å². The molecule has 270 valence electrons. The maximum atomic E-state index is 5.31. The zero-order valence-electron chi connectivity index (χ0n) is 31.7. The predicted molar refractivity (Wildman–Crippen MR) is 244 cm³/mol. The monoisotopic (exact) mass is 737 g/mol. The topological polar surface area (TPSA) is 38.7 Å². The molecule has 12 rings (SSSR count). The molecule has 0 spiro atoms. The van der Waals surface area contributed by atoms with Crippen molar-refractivity contribution in [3.8, 4) is 45.3 Å². The second-order valence-electron chi connectivity index (χ2n) is 15.5. The lowest BCUT2D eigenvalue weighted by Crippen LogP contribution is -2.01. The summed E-state index contributed by atoms with van der Waals surface area (Å²) in [5.74, 6) is 1.94. The van der Waals surface area contributed by atoms with E-state index in [4.69, 9.17) is 15.0 Å². The first-order valence-corrected chi connectivity index (χ1v) is 20.1. The first-order valence-electron chi connectivity index (χ1n) is 20.1. The highest BCUT2D eigenvalue weighted by atomic mass is 15.0. The highest BCUT2D eigenvalue weighted by molar-refractivity contribution is 6.37. The summed E-state index contributed by atoms with van der Waals surface area (Å²) in [5.41, 5.74) is 7.71. The fourth-order valence-electron chi connectivity index (χ4n) is 9.32. The Morgan fingerprint density at radius 1 is 0.328 bits per heavy atom. The van der Waals surface area contributed by atoms with E-state index in [1.165, 1.54) is 70.4 Å². The molecule has 1 aliphatic rings. The van der Waals surface area contributed by atoms with Gasteiger partial charge in [0.2, 0.25) is 0 Å². The number of aromatic nitrogens is 3. The summed E-state index contributed by atoms with van der Waals surface area (Å²) in [6, 6.07) is 61.6. The largest absolute Gasteiger partial charge is 0.208 e. The molecule has 0 amide bonds. The van der Waals surface area contributed by atoms with Gasteiger partial charge in [0.25, 0.3) is 0 Å². The second-order valence-corrected chi connectivity index (χ2v) is 15.5. The molecular weight excluding hydrogens is 703 g/mol. The maximum absolute atomic E-state index is 5.31. The van der Waals surface area contributed by atoms with Crippen LogP contribution in [0.5, 0.6) is 0 Å². The quantitative estimate of drug-likeness (QED) is 0.165. The Bertz CT molecular complexity index is 3480. The number of fused-ring (bicyclic) bond motifs is 2. The Morgan fingerprint density at radius 2 is 0.845 bits per heavy atom. The smallest absolute Gasteiger partial charge is 0.164 e. The summed E-state index contributed by atoms with van der Waals surface area (Å²) in [6.07, 6.45) is 8.72. The van der Waals surface area contributed by atoms with Crippen LogP contribution in [0.25, 0.3) is 115 Å². The Balaban J connectivity index is 1.14. The average Bonchev–Trinajstić information content (AvgIpc) is 3.30. The molecule has 10 aromatic carbocycles. The molecule has 0 bridgehead atoms. The SMILES string of the molecule is C1=CCCC(c2ccc(-c3nc(-c4cccc(-c5ccccc5)c4)nc(-c4cc5ccc6cccc7c8cccc9ccc%10cccc(c(c4)c5c67)c%10c98)n3)cc2)=C1. The number of allylic oxidation sites excluding steroid dienone is 4. The van der Waals surface area contributed by atoms with Gasteiger partial charge in [-0.05, 0) is 118 Å². The zero-order chi connectivity index (χ0) is 38.2. The molecule has 0 aliphatic heterocycles. The molecule has 0 radical (unpaired) electrons. The van der Waals surface area contributed by atoms with Crippen molar-refractivity contribution in [3.05, 3.63) is 194 Å². The van der Waals surface area contributed by atoms with Crippen molar-refractivity contribution in [2.75, 3.05) is 0 Å². The van der Waals surface area contributed by atoms with Crippen molar-refractivity contribution >= 4 is 70.2 Å². The van der Waals surface area contributed by atoms with E-state index in [0.29, 0.717) is 17.5 Å². The van der Waals surface area contributed by atoms with Crippen molar-refractivity contribution in [1.82, 2.24) is 15.0 Å². The van der Waals surface area contributed by atoms with Gasteiger partial charge in [-0.2, -0.15) is 0 Å². The van der Waals surface area contributed by atoms with Crippen LogP contribution in [-0.2, 0) is 0 Å². The van der Waals surface area contributed by atoms with Gasteiger partial charge in [-0.15, -0.1) is 0 Å². The van der Waals surface area contributed by atoms with Gasteiger partial charge in [0.1, 0.15) is 0 Å². The van der Waals surface area contributed by atoms with Gasteiger partial charge in [-0.25, -0.2) is 15.0 Å². The molecule has 3 heteroatoms. The standard InChI is InChI=1S/C55H35N3/c1-3-11-34(12-4-1)36-23-28-40(29-24-36)53-56-54(43-19-7-18-41(31-43)35-13-5-2-6-14-35)58-55(57-53)44-32-42-30-27-39-16-9-21-46-45-20-8-15-37-25-26-38-17-10-22-47(51(38)49(37)45)48(33-44)52(42)50(39)46/h1-3,5-11,13-33H,4,12H2. The minimum Gasteiger partial charge on any atom is -0.208 e. The van der Waals surface area contributed by atoms with E-state index < -0.39 is 0 Å². The molecule has 1 heterocycles. The Labute approximate surface area is 335 Å². The van der Waals surface area contributed by atoms with Gasteiger partial charge in [0, 0.05) is 16.7 Å². The van der Waals surface area contributed by atoms with Crippen LogP contribution in [0.3, 0.4) is 0 Å². The van der Waals surface area contributed by atoms with Crippen LogP contribution in [0, 0.1) is 0 Å². The van der Waals surface area contributed by atoms with Crippen molar-refractivity contribution in [3.63, 3.8) is 0 Å². The highest BCUT2D eigenvalue weighted by Gasteiger charge is 2.19. The molecular formula is C55H35N3. The zero-order valence-corrected chi connectivity index (χ0v) is 31.7. The van der Waals surface area contributed by atoms with Crippen LogP contribution in [0.15, 0.2) is 188 Å². The molecule has 0 unspecified atom stereocenters. The first kappa shape index (κ1) is 32.7. The highest BCUT2D eigenvalue weighted by Crippen LogP contribution is 2.44. The molecule has 0 fully saturated rings. The van der Waals surface area contributed by atoms with Crippen molar-refractivity contribution < 1.29 is 0 Å².